The number of ether oxygens (including phenoxy) is 1. The van der Waals surface area contributed by atoms with Crippen molar-refractivity contribution >= 4 is 33.4 Å². The molecule has 6 nitrogen and oxygen atoms in total. The third-order valence-corrected chi connectivity index (χ3v) is 8.19. The lowest BCUT2D eigenvalue weighted by Gasteiger charge is -2.26. The Morgan fingerprint density at radius 2 is 1.59 bits per heavy atom. The maximum Gasteiger partial charge on any atom is 0.255 e. The van der Waals surface area contributed by atoms with E-state index in [9.17, 15) is 13.2 Å². The molecule has 32 heavy (non-hydrogen) atoms. The molecule has 3 aromatic rings. The number of amides is 1. The maximum absolute atomic E-state index is 13.1. The highest BCUT2D eigenvalue weighted by molar-refractivity contribution is 7.99. The lowest BCUT2D eigenvalue weighted by Crippen LogP contribution is -2.40. The molecule has 3 aromatic carbocycles. The van der Waals surface area contributed by atoms with Gasteiger partial charge >= 0.3 is 0 Å². The van der Waals surface area contributed by atoms with Gasteiger partial charge in [-0.1, -0.05) is 36.0 Å². The van der Waals surface area contributed by atoms with E-state index in [0.717, 1.165) is 9.79 Å². The number of benzene rings is 3. The highest BCUT2D eigenvalue weighted by Gasteiger charge is 2.28. The van der Waals surface area contributed by atoms with E-state index in [1.807, 2.05) is 54.6 Å². The minimum Gasteiger partial charge on any atom is -0.379 e. The van der Waals surface area contributed by atoms with E-state index in [2.05, 4.69) is 5.32 Å². The number of aryl methyl sites for hydroxylation is 1. The summed E-state index contributed by atoms with van der Waals surface area (Å²) < 4.78 is 32.8. The second kappa shape index (κ2) is 9.87. The second-order valence-corrected chi connectivity index (χ2v) is 10.4. The number of morpholine rings is 1. The lowest BCUT2D eigenvalue weighted by molar-refractivity contribution is 0.0730. The van der Waals surface area contributed by atoms with Crippen LogP contribution in [0.2, 0.25) is 0 Å². The summed E-state index contributed by atoms with van der Waals surface area (Å²) in [6.45, 7) is 3.10. The summed E-state index contributed by atoms with van der Waals surface area (Å²) in [5.74, 6) is -0.355. The third kappa shape index (κ3) is 5.21. The molecule has 8 heteroatoms. The molecule has 0 atom stereocenters. The third-order valence-electron chi connectivity index (χ3n) is 5.13. The summed E-state index contributed by atoms with van der Waals surface area (Å²) in [7, 11) is -3.69. The van der Waals surface area contributed by atoms with Crippen LogP contribution in [0.1, 0.15) is 15.9 Å². The SMILES string of the molecule is Cc1ccc(C(=O)Nc2ccc(Sc3ccccc3)cc2)cc1S(=O)(=O)N1CCOCC1. The van der Waals surface area contributed by atoms with Crippen molar-refractivity contribution in [3.8, 4) is 0 Å². The van der Waals surface area contributed by atoms with Gasteiger partial charge in [-0.2, -0.15) is 4.31 Å². The van der Waals surface area contributed by atoms with E-state index >= 15 is 0 Å². The van der Waals surface area contributed by atoms with Gasteiger partial charge in [0, 0.05) is 34.1 Å². The Kier molecular flexibility index (Phi) is 6.95. The van der Waals surface area contributed by atoms with Crippen LogP contribution in [-0.4, -0.2) is 44.9 Å². The molecule has 0 saturated carbocycles. The second-order valence-electron chi connectivity index (χ2n) is 7.39. The Bertz CT molecular complexity index is 1190. The van der Waals surface area contributed by atoms with E-state index in [4.69, 9.17) is 4.74 Å². The molecular formula is C24H24N2O4S2. The quantitative estimate of drug-likeness (QED) is 0.580. The predicted octanol–water partition coefficient (Wildman–Crippen LogP) is 4.42. The maximum atomic E-state index is 13.1. The van der Waals surface area contributed by atoms with Crippen molar-refractivity contribution in [2.24, 2.45) is 0 Å². The molecule has 0 aromatic heterocycles. The van der Waals surface area contributed by atoms with E-state index < -0.39 is 10.0 Å². The van der Waals surface area contributed by atoms with E-state index in [0.29, 0.717) is 43.1 Å². The first kappa shape index (κ1) is 22.5. The fraction of sp³-hybridized carbons (Fsp3) is 0.208. The van der Waals surface area contributed by atoms with Crippen LogP contribution in [0.5, 0.6) is 0 Å². The van der Waals surface area contributed by atoms with Crippen molar-refractivity contribution in [3.05, 3.63) is 83.9 Å². The molecule has 1 aliphatic rings. The molecule has 0 bridgehead atoms. The fourth-order valence-electron chi connectivity index (χ4n) is 3.38. The van der Waals surface area contributed by atoms with Gasteiger partial charge < -0.3 is 10.1 Å². The highest BCUT2D eigenvalue weighted by Crippen LogP contribution is 2.28. The smallest absolute Gasteiger partial charge is 0.255 e. The topological polar surface area (TPSA) is 75.7 Å². The molecule has 0 radical (unpaired) electrons. The van der Waals surface area contributed by atoms with Gasteiger partial charge in [0.1, 0.15) is 0 Å². The number of sulfonamides is 1. The van der Waals surface area contributed by atoms with Gasteiger partial charge in [-0.05, 0) is 61.0 Å². The molecule has 1 heterocycles. The van der Waals surface area contributed by atoms with Crippen LogP contribution in [0.3, 0.4) is 0 Å². The van der Waals surface area contributed by atoms with Crippen molar-refractivity contribution in [2.45, 2.75) is 21.6 Å². The lowest BCUT2D eigenvalue weighted by atomic mass is 10.1. The Labute approximate surface area is 192 Å². The van der Waals surface area contributed by atoms with Crippen molar-refractivity contribution in [1.82, 2.24) is 4.31 Å². The minimum absolute atomic E-state index is 0.154. The van der Waals surface area contributed by atoms with Gasteiger partial charge in [0.15, 0.2) is 0 Å². The summed E-state index contributed by atoms with van der Waals surface area (Å²) in [4.78, 5) is 15.2. The summed E-state index contributed by atoms with van der Waals surface area (Å²) in [5.41, 5.74) is 1.55. The summed E-state index contributed by atoms with van der Waals surface area (Å²) in [5, 5.41) is 2.85. The number of rotatable bonds is 6. The number of carbonyl (C=O) groups excluding carboxylic acids is 1. The van der Waals surface area contributed by atoms with Crippen LogP contribution in [-0.2, 0) is 14.8 Å². The molecule has 1 N–H and O–H groups in total. The van der Waals surface area contributed by atoms with Gasteiger partial charge in [-0.15, -0.1) is 0 Å². The van der Waals surface area contributed by atoms with Gasteiger partial charge in [0.05, 0.1) is 18.1 Å². The first-order chi connectivity index (χ1) is 15.4. The zero-order valence-electron chi connectivity index (χ0n) is 17.7. The van der Waals surface area contributed by atoms with Crippen molar-refractivity contribution in [2.75, 3.05) is 31.6 Å². The van der Waals surface area contributed by atoms with Crippen LogP contribution in [0.4, 0.5) is 5.69 Å². The summed E-state index contributed by atoms with van der Waals surface area (Å²) in [6.07, 6.45) is 0. The number of carbonyl (C=O) groups is 1. The summed E-state index contributed by atoms with van der Waals surface area (Å²) in [6, 6.07) is 22.4. The van der Waals surface area contributed by atoms with Crippen molar-refractivity contribution in [1.29, 1.82) is 0 Å². The zero-order valence-corrected chi connectivity index (χ0v) is 19.3. The first-order valence-corrected chi connectivity index (χ1v) is 12.5. The average Bonchev–Trinajstić information content (AvgIpc) is 2.82. The molecular weight excluding hydrogens is 444 g/mol. The molecule has 166 valence electrons. The largest absolute Gasteiger partial charge is 0.379 e. The van der Waals surface area contributed by atoms with Crippen LogP contribution in [0.15, 0.2) is 87.5 Å². The average molecular weight is 469 g/mol. The molecule has 1 aliphatic heterocycles. The fourth-order valence-corrected chi connectivity index (χ4v) is 5.88. The molecule has 0 aliphatic carbocycles. The molecule has 1 fully saturated rings. The van der Waals surface area contributed by atoms with Crippen LogP contribution in [0.25, 0.3) is 0 Å². The number of anilines is 1. The monoisotopic (exact) mass is 468 g/mol. The Hall–Kier alpha value is -2.65. The van der Waals surface area contributed by atoms with Gasteiger partial charge in [-0.25, -0.2) is 8.42 Å². The van der Waals surface area contributed by atoms with E-state index in [1.54, 1.807) is 30.8 Å². The van der Waals surface area contributed by atoms with E-state index in [-0.39, 0.29) is 10.8 Å². The van der Waals surface area contributed by atoms with Gasteiger partial charge in [-0.3, -0.25) is 4.79 Å². The van der Waals surface area contributed by atoms with E-state index in [1.165, 1.54) is 10.4 Å². The predicted molar refractivity (Wildman–Crippen MR) is 126 cm³/mol. The minimum atomic E-state index is -3.69. The Balaban J connectivity index is 1.48. The van der Waals surface area contributed by atoms with Crippen molar-refractivity contribution in [3.63, 3.8) is 0 Å². The number of hydrogen-bond acceptors (Lipinski definition) is 5. The number of nitrogens with zero attached hydrogens (tertiary/aromatic N) is 1. The van der Waals surface area contributed by atoms with Crippen LogP contribution >= 0.6 is 11.8 Å². The summed E-state index contributed by atoms with van der Waals surface area (Å²) >= 11 is 1.64. The normalized spacial score (nSPS) is 14.8. The van der Waals surface area contributed by atoms with Crippen molar-refractivity contribution < 1.29 is 17.9 Å². The van der Waals surface area contributed by atoms with Gasteiger partial charge in [0.2, 0.25) is 10.0 Å². The molecule has 4 rings (SSSR count). The van der Waals surface area contributed by atoms with Crippen LogP contribution in [0, 0.1) is 6.92 Å². The molecule has 1 amide bonds. The molecule has 0 spiro atoms. The standard InChI is InChI=1S/C24H24N2O4S2/c1-18-7-8-19(17-23(18)32(28,29)26-13-15-30-16-14-26)24(27)25-20-9-11-22(12-10-20)31-21-5-3-2-4-6-21/h2-12,17H,13-16H2,1H3,(H,25,27). The molecule has 0 unspecified atom stereocenters. The Morgan fingerprint density at radius 3 is 2.28 bits per heavy atom. The van der Waals surface area contributed by atoms with Gasteiger partial charge in [0.25, 0.3) is 5.91 Å². The zero-order chi connectivity index (χ0) is 22.6. The number of nitrogens with one attached hydrogen (secondary N) is 1. The highest BCUT2D eigenvalue weighted by atomic mass is 32.2. The van der Waals surface area contributed by atoms with Crippen LogP contribution < -0.4 is 5.32 Å². The number of hydrogen-bond donors (Lipinski definition) is 1. The Morgan fingerprint density at radius 1 is 0.938 bits per heavy atom. The first-order valence-electron chi connectivity index (χ1n) is 10.3. The molecule has 1 saturated heterocycles.